The second-order valence-electron chi connectivity index (χ2n) is 5.71. The molecule has 2 aromatic carbocycles. The van der Waals surface area contributed by atoms with E-state index in [0.717, 1.165) is 11.1 Å². The maximum absolute atomic E-state index is 13.1. The summed E-state index contributed by atoms with van der Waals surface area (Å²) in [6, 6.07) is 16.0. The van der Waals surface area contributed by atoms with Crippen molar-refractivity contribution in [2.75, 3.05) is 0 Å². The van der Waals surface area contributed by atoms with Gasteiger partial charge in [0.1, 0.15) is 5.82 Å². The first kappa shape index (κ1) is 17.6. The van der Waals surface area contributed by atoms with Crippen molar-refractivity contribution in [3.8, 4) is 0 Å². The zero-order valence-electron chi connectivity index (χ0n) is 13.7. The lowest BCUT2D eigenvalue weighted by molar-refractivity contribution is 0.598. The number of halogens is 2. The van der Waals surface area contributed by atoms with Crippen molar-refractivity contribution in [1.82, 2.24) is 9.13 Å². The van der Waals surface area contributed by atoms with Gasteiger partial charge in [-0.15, -0.1) is 0 Å². The van der Waals surface area contributed by atoms with Gasteiger partial charge in [0.2, 0.25) is 5.62 Å². The molecule has 0 atom stereocenters. The fourth-order valence-electron chi connectivity index (χ4n) is 2.55. The van der Waals surface area contributed by atoms with Crippen LogP contribution in [0.2, 0.25) is 0 Å². The Hall–Kier alpha value is -2.22. The minimum atomic E-state index is -0.293. The van der Waals surface area contributed by atoms with Crippen molar-refractivity contribution in [2.45, 2.75) is 13.1 Å². The fourth-order valence-corrected chi connectivity index (χ4v) is 3.26. The summed E-state index contributed by atoms with van der Waals surface area (Å²) >= 11 is 2.02. The van der Waals surface area contributed by atoms with Crippen molar-refractivity contribution in [2.24, 2.45) is 12.0 Å². The van der Waals surface area contributed by atoms with Crippen LogP contribution in [-0.2, 0) is 20.1 Å². The van der Waals surface area contributed by atoms with Crippen molar-refractivity contribution in [3.05, 3.63) is 97.3 Å². The van der Waals surface area contributed by atoms with Gasteiger partial charge in [-0.3, -0.25) is 9.36 Å². The molecule has 1 aromatic heterocycles. The summed E-state index contributed by atoms with van der Waals surface area (Å²) in [4.78, 5) is 17.3. The molecule has 0 aliphatic heterocycles. The molecule has 128 valence electrons. The molecule has 0 bridgehead atoms. The number of benzene rings is 2. The topological polar surface area (TPSA) is 39.3 Å². The van der Waals surface area contributed by atoms with E-state index in [1.54, 1.807) is 22.9 Å². The van der Waals surface area contributed by atoms with E-state index >= 15 is 0 Å². The standard InChI is InChI=1S/C19H17FIN3O/c1-23-13-17(21)18(25)24(12-15-7-9-16(20)10-8-15)19(23)22-11-14-5-3-2-4-6-14/h2-10,13H,11-12H2,1H3/b22-19-. The van der Waals surface area contributed by atoms with E-state index < -0.39 is 0 Å². The van der Waals surface area contributed by atoms with E-state index in [4.69, 9.17) is 0 Å². The molecular formula is C19H17FIN3O. The zero-order chi connectivity index (χ0) is 17.8. The molecule has 0 saturated carbocycles. The number of hydrogen-bond acceptors (Lipinski definition) is 2. The van der Waals surface area contributed by atoms with Crippen LogP contribution in [-0.4, -0.2) is 9.13 Å². The van der Waals surface area contributed by atoms with Crippen LogP contribution >= 0.6 is 22.6 Å². The molecule has 0 amide bonds. The molecule has 25 heavy (non-hydrogen) atoms. The molecule has 3 rings (SSSR count). The molecule has 0 N–H and O–H groups in total. The number of nitrogens with zero attached hydrogens (tertiary/aromatic N) is 3. The molecule has 0 aliphatic rings. The molecular weight excluding hydrogens is 432 g/mol. The van der Waals surface area contributed by atoms with Crippen LogP contribution in [0.15, 0.2) is 70.6 Å². The molecule has 0 unspecified atom stereocenters. The van der Waals surface area contributed by atoms with Gasteiger partial charge in [0.05, 0.1) is 16.7 Å². The third-order valence-electron chi connectivity index (χ3n) is 3.81. The Morgan fingerprint density at radius 3 is 2.40 bits per heavy atom. The Labute approximate surface area is 158 Å². The third kappa shape index (κ3) is 4.25. The lowest BCUT2D eigenvalue weighted by atomic mass is 10.2. The molecule has 0 radical (unpaired) electrons. The predicted octanol–water partition coefficient (Wildman–Crippen LogP) is 3.08. The second-order valence-corrected chi connectivity index (χ2v) is 6.87. The van der Waals surface area contributed by atoms with E-state index in [9.17, 15) is 9.18 Å². The maximum atomic E-state index is 13.1. The highest BCUT2D eigenvalue weighted by Crippen LogP contribution is 2.04. The van der Waals surface area contributed by atoms with Crippen LogP contribution in [0, 0.1) is 9.39 Å². The van der Waals surface area contributed by atoms with Crippen LogP contribution in [0.5, 0.6) is 0 Å². The summed E-state index contributed by atoms with van der Waals surface area (Å²) in [6.07, 6.45) is 1.77. The van der Waals surface area contributed by atoms with Crippen LogP contribution in [0.1, 0.15) is 11.1 Å². The molecule has 0 aliphatic carbocycles. The number of aryl methyl sites for hydroxylation is 1. The summed E-state index contributed by atoms with van der Waals surface area (Å²) in [5, 5.41) is 0. The summed E-state index contributed by atoms with van der Waals surface area (Å²) in [6.45, 7) is 0.829. The first-order valence-electron chi connectivity index (χ1n) is 7.79. The number of aromatic nitrogens is 2. The lowest BCUT2D eigenvalue weighted by Gasteiger charge is -2.11. The van der Waals surface area contributed by atoms with Gasteiger partial charge in [0.15, 0.2) is 0 Å². The van der Waals surface area contributed by atoms with Gasteiger partial charge in [0.25, 0.3) is 5.56 Å². The Kier molecular flexibility index (Phi) is 5.47. The third-order valence-corrected chi connectivity index (χ3v) is 4.55. The lowest BCUT2D eigenvalue weighted by Crippen LogP contribution is -2.41. The summed E-state index contributed by atoms with van der Waals surface area (Å²) in [5.74, 6) is -0.293. The molecule has 1 heterocycles. The van der Waals surface area contributed by atoms with Gasteiger partial charge in [-0.2, -0.15) is 0 Å². The molecule has 0 spiro atoms. The van der Waals surface area contributed by atoms with E-state index in [-0.39, 0.29) is 11.4 Å². The van der Waals surface area contributed by atoms with E-state index in [0.29, 0.717) is 22.3 Å². The highest BCUT2D eigenvalue weighted by Gasteiger charge is 2.08. The van der Waals surface area contributed by atoms with Gasteiger partial charge in [-0.1, -0.05) is 42.5 Å². The van der Waals surface area contributed by atoms with Crippen LogP contribution in [0.25, 0.3) is 0 Å². The van der Waals surface area contributed by atoms with Crippen LogP contribution in [0.3, 0.4) is 0 Å². The Morgan fingerprint density at radius 2 is 1.72 bits per heavy atom. The predicted molar refractivity (Wildman–Crippen MR) is 104 cm³/mol. The fraction of sp³-hybridized carbons (Fsp3) is 0.158. The summed E-state index contributed by atoms with van der Waals surface area (Å²) in [5.41, 5.74) is 2.40. The normalized spacial score (nSPS) is 11.7. The molecule has 0 fully saturated rings. The van der Waals surface area contributed by atoms with Crippen LogP contribution < -0.4 is 11.2 Å². The van der Waals surface area contributed by atoms with Gasteiger partial charge >= 0.3 is 0 Å². The maximum Gasteiger partial charge on any atom is 0.268 e. The van der Waals surface area contributed by atoms with Crippen molar-refractivity contribution in [3.63, 3.8) is 0 Å². The average molecular weight is 449 g/mol. The Morgan fingerprint density at radius 1 is 1.04 bits per heavy atom. The summed E-state index contributed by atoms with van der Waals surface area (Å²) in [7, 11) is 1.87. The van der Waals surface area contributed by atoms with Crippen LogP contribution in [0.4, 0.5) is 4.39 Å². The van der Waals surface area contributed by atoms with Crippen molar-refractivity contribution < 1.29 is 4.39 Å². The molecule has 4 nitrogen and oxygen atoms in total. The van der Waals surface area contributed by atoms with Gasteiger partial charge in [0, 0.05) is 13.2 Å². The second kappa shape index (κ2) is 7.77. The number of hydrogen-bond donors (Lipinski definition) is 0. The largest absolute Gasteiger partial charge is 0.321 e. The smallest absolute Gasteiger partial charge is 0.268 e. The minimum Gasteiger partial charge on any atom is -0.321 e. The van der Waals surface area contributed by atoms with Crippen molar-refractivity contribution in [1.29, 1.82) is 0 Å². The highest BCUT2D eigenvalue weighted by atomic mass is 127. The van der Waals surface area contributed by atoms with E-state index in [1.165, 1.54) is 12.1 Å². The average Bonchev–Trinajstić information content (AvgIpc) is 2.61. The van der Waals surface area contributed by atoms with Gasteiger partial charge in [-0.05, 0) is 45.9 Å². The number of rotatable bonds is 4. The Bertz CT molecular complexity index is 992. The van der Waals surface area contributed by atoms with Gasteiger partial charge in [-0.25, -0.2) is 9.38 Å². The first-order valence-corrected chi connectivity index (χ1v) is 8.87. The Balaban J connectivity index is 2.06. The molecule has 6 heteroatoms. The molecule has 3 aromatic rings. The zero-order valence-corrected chi connectivity index (χ0v) is 15.9. The quantitative estimate of drug-likeness (QED) is 0.565. The molecule has 0 saturated heterocycles. The highest BCUT2D eigenvalue weighted by molar-refractivity contribution is 14.1. The first-order chi connectivity index (χ1) is 12.0. The minimum absolute atomic E-state index is 0.102. The van der Waals surface area contributed by atoms with E-state index in [2.05, 4.69) is 4.99 Å². The summed E-state index contributed by atoms with van der Waals surface area (Å²) < 4.78 is 17.2. The van der Waals surface area contributed by atoms with E-state index in [1.807, 2.05) is 64.5 Å². The monoisotopic (exact) mass is 449 g/mol. The van der Waals surface area contributed by atoms with Crippen molar-refractivity contribution >= 4 is 22.6 Å². The van der Waals surface area contributed by atoms with Gasteiger partial charge < -0.3 is 4.57 Å². The SMILES string of the molecule is Cn1cc(I)c(=O)n(Cc2ccc(F)cc2)/c1=N\Cc1ccccc1.